The van der Waals surface area contributed by atoms with E-state index in [0.717, 1.165) is 57.8 Å². The molecule has 0 spiro atoms. The van der Waals surface area contributed by atoms with Gasteiger partial charge < -0.3 is 19.3 Å². The van der Waals surface area contributed by atoms with E-state index in [4.69, 9.17) is 19.3 Å². The highest BCUT2D eigenvalue weighted by Gasteiger charge is 2.22. The zero-order valence-corrected chi connectivity index (χ0v) is 32.4. The first kappa shape index (κ1) is 47.8. The fourth-order valence-electron chi connectivity index (χ4n) is 5.05. The number of esters is 2. The number of hydrogen-bond donors (Lipinski definition) is 2. The number of phosphoric acid groups is 1. The Hall–Kier alpha value is -2.25. The third kappa shape index (κ3) is 38.6. The molecule has 0 amide bonds. The van der Waals surface area contributed by atoms with E-state index in [1.807, 2.05) is 6.08 Å². The van der Waals surface area contributed by atoms with Crippen molar-refractivity contribution < 1.29 is 37.9 Å². The lowest BCUT2D eigenvalue weighted by atomic mass is 10.1. The van der Waals surface area contributed by atoms with Gasteiger partial charge in [0.2, 0.25) is 0 Å². The summed E-state index contributed by atoms with van der Waals surface area (Å²) < 4.78 is 26.2. The summed E-state index contributed by atoms with van der Waals surface area (Å²) in [5, 5.41) is 0. The van der Waals surface area contributed by atoms with E-state index in [0.29, 0.717) is 19.3 Å². The Morgan fingerprint density at radius 2 is 0.940 bits per heavy atom. The molecule has 0 rings (SSSR count). The molecule has 0 bridgehead atoms. The van der Waals surface area contributed by atoms with Gasteiger partial charge in [-0.1, -0.05) is 145 Å². The van der Waals surface area contributed by atoms with Crippen LogP contribution >= 0.6 is 7.82 Å². The molecule has 0 unspecified atom stereocenters. The zero-order valence-electron chi connectivity index (χ0n) is 31.5. The van der Waals surface area contributed by atoms with E-state index in [1.54, 1.807) is 0 Å². The topological polar surface area (TPSA) is 119 Å². The van der Waals surface area contributed by atoms with Gasteiger partial charge in [-0.25, -0.2) is 4.57 Å². The largest absolute Gasteiger partial charge is 0.469 e. The summed E-state index contributed by atoms with van der Waals surface area (Å²) >= 11 is 0. The molecule has 0 aliphatic heterocycles. The highest BCUT2D eigenvalue weighted by molar-refractivity contribution is 7.46. The van der Waals surface area contributed by atoms with Gasteiger partial charge >= 0.3 is 19.8 Å². The van der Waals surface area contributed by atoms with Crippen LogP contribution in [0.5, 0.6) is 0 Å². The lowest BCUT2D eigenvalue weighted by Gasteiger charge is -2.18. The monoisotopic (exact) mass is 722 g/mol. The molecule has 0 aliphatic rings. The Bertz CT molecular complexity index is 995. The summed E-state index contributed by atoms with van der Waals surface area (Å²) in [6, 6.07) is 0. The van der Waals surface area contributed by atoms with E-state index in [2.05, 4.69) is 73.1 Å². The molecule has 0 radical (unpaired) electrons. The van der Waals surface area contributed by atoms with Crippen molar-refractivity contribution in [3.63, 3.8) is 0 Å². The average Bonchev–Trinajstić information content (AvgIpc) is 3.08. The minimum absolute atomic E-state index is 0.132. The second kappa shape index (κ2) is 36.5. The van der Waals surface area contributed by atoms with Gasteiger partial charge in [-0.3, -0.25) is 14.1 Å². The molecular weight excluding hydrogens is 651 g/mol. The van der Waals surface area contributed by atoms with Crippen molar-refractivity contribution in [3.05, 3.63) is 60.8 Å². The SMILES string of the molecule is CCCC/C=C/CCCCCCCC(=O)OC[C@H](COP(=O)(O)O)OC(=O)CCC/C=C/C/C=C/C/C=C/C/C=C/CCCCCCCCC. The minimum atomic E-state index is -4.77. The number of ether oxygens (including phenoxy) is 2. The molecule has 50 heavy (non-hydrogen) atoms. The molecule has 0 saturated heterocycles. The molecule has 288 valence electrons. The summed E-state index contributed by atoms with van der Waals surface area (Å²) in [5.41, 5.74) is 0. The smallest absolute Gasteiger partial charge is 0.462 e. The molecule has 0 heterocycles. The van der Waals surface area contributed by atoms with Crippen molar-refractivity contribution in [1.82, 2.24) is 0 Å². The lowest BCUT2D eigenvalue weighted by molar-refractivity contribution is -0.161. The van der Waals surface area contributed by atoms with Gasteiger partial charge in [0.1, 0.15) is 6.61 Å². The second-order valence-corrected chi connectivity index (χ2v) is 14.1. The Kier molecular flexibility index (Phi) is 34.9. The Morgan fingerprint density at radius 3 is 1.48 bits per heavy atom. The summed E-state index contributed by atoms with van der Waals surface area (Å²) in [4.78, 5) is 42.6. The van der Waals surface area contributed by atoms with Crippen molar-refractivity contribution in [3.8, 4) is 0 Å². The van der Waals surface area contributed by atoms with Crippen LogP contribution in [0.2, 0.25) is 0 Å². The van der Waals surface area contributed by atoms with Gasteiger partial charge in [-0.05, 0) is 70.6 Å². The van der Waals surface area contributed by atoms with Crippen molar-refractivity contribution in [2.75, 3.05) is 13.2 Å². The first-order chi connectivity index (χ1) is 24.3. The minimum Gasteiger partial charge on any atom is -0.462 e. The molecule has 0 aromatic heterocycles. The zero-order chi connectivity index (χ0) is 36.8. The van der Waals surface area contributed by atoms with Crippen molar-refractivity contribution in [2.24, 2.45) is 0 Å². The predicted molar refractivity (Wildman–Crippen MR) is 207 cm³/mol. The normalized spacial score (nSPS) is 13.1. The first-order valence-corrected chi connectivity index (χ1v) is 21.1. The van der Waals surface area contributed by atoms with Crippen molar-refractivity contribution in [1.29, 1.82) is 0 Å². The van der Waals surface area contributed by atoms with Gasteiger partial charge in [0.15, 0.2) is 6.10 Å². The van der Waals surface area contributed by atoms with E-state index in [9.17, 15) is 14.2 Å². The number of unbranched alkanes of at least 4 members (excludes halogenated alkanes) is 15. The van der Waals surface area contributed by atoms with Crippen LogP contribution in [0.1, 0.15) is 168 Å². The molecule has 0 aromatic rings. The number of carbonyl (C=O) groups excluding carboxylic acids is 2. The standard InChI is InChI=1S/C41H71O8P/c1-3-5-7-9-11-13-15-16-17-18-19-20-21-22-23-24-26-28-30-32-34-36-41(43)49-39(38-48-50(44,45)46)37-47-40(42)35-33-31-29-27-25-14-12-10-8-6-4-2/h10,12,17-18,20-21,23-24,28,30,39H,3-9,11,13-16,19,22,25-27,29,31-38H2,1-2H3,(H2,44,45,46)/b12-10+,18-17+,21-20+,24-23+,30-28+/t39-/m1/s1. The molecule has 9 heteroatoms. The van der Waals surface area contributed by atoms with Gasteiger partial charge in [-0.15, -0.1) is 0 Å². The van der Waals surface area contributed by atoms with Crippen molar-refractivity contribution >= 4 is 19.8 Å². The van der Waals surface area contributed by atoms with Crippen LogP contribution < -0.4 is 0 Å². The first-order valence-electron chi connectivity index (χ1n) is 19.6. The maximum absolute atomic E-state index is 12.3. The lowest BCUT2D eigenvalue weighted by Crippen LogP contribution is -2.29. The molecule has 0 aliphatic carbocycles. The van der Waals surface area contributed by atoms with Crippen LogP contribution in [0.3, 0.4) is 0 Å². The summed E-state index contributed by atoms with van der Waals surface area (Å²) in [5.74, 6) is -0.967. The van der Waals surface area contributed by atoms with Crippen molar-refractivity contribution in [2.45, 2.75) is 174 Å². The predicted octanol–water partition coefficient (Wildman–Crippen LogP) is 11.7. The van der Waals surface area contributed by atoms with E-state index in [1.165, 1.54) is 64.2 Å². The number of carbonyl (C=O) groups is 2. The van der Waals surface area contributed by atoms with Gasteiger partial charge in [0.05, 0.1) is 6.61 Å². The molecule has 8 nitrogen and oxygen atoms in total. The Balaban J connectivity index is 4.07. The Morgan fingerprint density at radius 1 is 0.520 bits per heavy atom. The third-order valence-electron chi connectivity index (χ3n) is 8.01. The van der Waals surface area contributed by atoms with Gasteiger partial charge in [-0.2, -0.15) is 0 Å². The van der Waals surface area contributed by atoms with E-state index in [-0.39, 0.29) is 19.4 Å². The summed E-state index contributed by atoms with van der Waals surface area (Å²) in [6.45, 7) is 3.57. The second-order valence-electron chi connectivity index (χ2n) is 12.9. The molecule has 2 N–H and O–H groups in total. The highest BCUT2D eigenvalue weighted by atomic mass is 31.2. The maximum Gasteiger partial charge on any atom is 0.469 e. The number of rotatable bonds is 35. The molecule has 0 fully saturated rings. The molecule has 0 aromatic carbocycles. The average molecular weight is 723 g/mol. The van der Waals surface area contributed by atoms with Crippen LogP contribution in [-0.4, -0.2) is 41.0 Å². The highest BCUT2D eigenvalue weighted by Crippen LogP contribution is 2.36. The van der Waals surface area contributed by atoms with Crippen LogP contribution in [0.15, 0.2) is 60.8 Å². The molecular formula is C41H71O8P. The summed E-state index contributed by atoms with van der Waals surface area (Å²) in [7, 11) is -4.77. The molecule has 1 atom stereocenters. The fraction of sp³-hybridized carbons (Fsp3) is 0.707. The van der Waals surface area contributed by atoms with Crippen LogP contribution in [-0.2, 0) is 28.2 Å². The van der Waals surface area contributed by atoms with Crippen LogP contribution in [0, 0.1) is 0 Å². The van der Waals surface area contributed by atoms with Crippen LogP contribution in [0.25, 0.3) is 0 Å². The summed E-state index contributed by atoms with van der Waals surface area (Å²) in [6.07, 6.45) is 45.3. The van der Waals surface area contributed by atoms with E-state index >= 15 is 0 Å². The van der Waals surface area contributed by atoms with Crippen LogP contribution in [0.4, 0.5) is 0 Å². The number of allylic oxidation sites excluding steroid dienone is 10. The maximum atomic E-state index is 12.3. The van der Waals surface area contributed by atoms with E-state index < -0.39 is 32.5 Å². The molecule has 0 saturated carbocycles. The van der Waals surface area contributed by atoms with Gasteiger partial charge in [0.25, 0.3) is 0 Å². The quantitative estimate of drug-likeness (QED) is 0.0287. The number of phosphoric ester groups is 1. The number of hydrogen-bond acceptors (Lipinski definition) is 6. The van der Waals surface area contributed by atoms with Gasteiger partial charge in [0, 0.05) is 12.8 Å². The fourth-order valence-corrected chi connectivity index (χ4v) is 5.41. The Labute approximate surface area is 305 Å². The third-order valence-corrected chi connectivity index (χ3v) is 8.49.